The number of hydrogen-bond donors (Lipinski definition) is 1. The van der Waals surface area contributed by atoms with Crippen LogP contribution in [0.5, 0.6) is 0 Å². The monoisotopic (exact) mass is 324 g/mol. The fourth-order valence-electron chi connectivity index (χ4n) is 2.93. The van der Waals surface area contributed by atoms with Crippen molar-refractivity contribution in [1.29, 1.82) is 0 Å². The van der Waals surface area contributed by atoms with Crippen LogP contribution in [0.2, 0.25) is 0 Å². The molecule has 0 heterocycles. The number of thiocarbonyl (C=S) groups is 1. The molecular formula is C15H20N2O2S2. The lowest BCUT2D eigenvalue weighted by Crippen LogP contribution is -2.35. The van der Waals surface area contributed by atoms with Crippen LogP contribution in [0.25, 0.3) is 0 Å². The van der Waals surface area contributed by atoms with Gasteiger partial charge in [-0.1, -0.05) is 18.3 Å². The highest BCUT2D eigenvalue weighted by molar-refractivity contribution is 7.89. The molecule has 0 amide bonds. The second-order valence-corrected chi connectivity index (χ2v) is 8.26. The summed E-state index contributed by atoms with van der Waals surface area (Å²) in [7, 11) is -3.44. The minimum atomic E-state index is -3.44. The number of sulfonamides is 1. The molecule has 0 saturated heterocycles. The molecule has 0 aromatic heterocycles. The number of benzene rings is 1. The van der Waals surface area contributed by atoms with E-state index in [9.17, 15) is 8.42 Å². The van der Waals surface area contributed by atoms with Crippen LogP contribution in [0.15, 0.2) is 23.1 Å². The molecule has 0 aliphatic heterocycles. The van der Waals surface area contributed by atoms with E-state index in [0.717, 1.165) is 32.1 Å². The molecule has 1 saturated carbocycles. The van der Waals surface area contributed by atoms with Crippen LogP contribution in [0, 0.1) is 0 Å². The van der Waals surface area contributed by atoms with Crippen molar-refractivity contribution in [2.24, 2.45) is 5.73 Å². The van der Waals surface area contributed by atoms with Gasteiger partial charge < -0.3 is 5.73 Å². The van der Waals surface area contributed by atoms with Crippen LogP contribution in [0.4, 0.5) is 0 Å². The first kappa shape index (κ1) is 14.9. The molecule has 0 unspecified atom stereocenters. The van der Waals surface area contributed by atoms with Crippen LogP contribution in [-0.2, 0) is 22.9 Å². The Morgan fingerprint density at radius 2 is 2.00 bits per heavy atom. The maximum absolute atomic E-state index is 12.9. The van der Waals surface area contributed by atoms with Gasteiger partial charge in [0.2, 0.25) is 10.0 Å². The minimum absolute atomic E-state index is 0.123. The van der Waals surface area contributed by atoms with Gasteiger partial charge in [0.1, 0.15) is 0 Å². The van der Waals surface area contributed by atoms with Crippen molar-refractivity contribution in [2.45, 2.75) is 49.5 Å². The molecule has 114 valence electrons. The van der Waals surface area contributed by atoms with Gasteiger partial charge in [0.15, 0.2) is 0 Å². The molecule has 0 radical (unpaired) electrons. The number of aryl methyl sites for hydroxylation is 2. The summed E-state index contributed by atoms with van der Waals surface area (Å²) in [5.74, 6) is 0. The molecule has 2 aliphatic carbocycles. The van der Waals surface area contributed by atoms with E-state index in [1.54, 1.807) is 10.4 Å². The van der Waals surface area contributed by atoms with Gasteiger partial charge >= 0.3 is 0 Å². The first-order valence-electron chi connectivity index (χ1n) is 7.40. The van der Waals surface area contributed by atoms with E-state index >= 15 is 0 Å². The number of nitrogens with zero attached hydrogens (tertiary/aromatic N) is 1. The number of hydrogen-bond acceptors (Lipinski definition) is 3. The normalized spacial score (nSPS) is 18.0. The van der Waals surface area contributed by atoms with Gasteiger partial charge in [0.05, 0.1) is 9.88 Å². The topological polar surface area (TPSA) is 63.4 Å². The lowest BCUT2D eigenvalue weighted by molar-refractivity contribution is 0.413. The Kier molecular flexibility index (Phi) is 4.03. The molecule has 2 aliphatic rings. The van der Waals surface area contributed by atoms with Gasteiger partial charge in [-0.15, -0.1) is 0 Å². The summed E-state index contributed by atoms with van der Waals surface area (Å²) in [4.78, 5) is 0.780. The summed E-state index contributed by atoms with van der Waals surface area (Å²) in [6.07, 6.45) is 5.46. The summed E-state index contributed by atoms with van der Waals surface area (Å²) in [6, 6.07) is 5.69. The predicted molar refractivity (Wildman–Crippen MR) is 86.8 cm³/mol. The zero-order valence-corrected chi connectivity index (χ0v) is 13.5. The van der Waals surface area contributed by atoms with E-state index in [2.05, 4.69) is 0 Å². The first-order valence-corrected chi connectivity index (χ1v) is 9.25. The van der Waals surface area contributed by atoms with E-state index in [1.807, 2.05) is 12.1 Å². The van der Waals surface area contributed by atoms with E-state index < -0.39 is 10.0 Å². The van der Waals surface area contributed by atoms with Crippen molar-refractivity contribution in [1.82, 2.24) is 4.31 Å². The Morgan fingerprint density at radius 1 is 1.29 bits per heavy atom. The molecule has 0 atom stereocenters. The molecule has 1 aromatic rings. The summed E-state index contributed by atoms with van der Waals surface area (Å²) >= 11 is 4.88. The van der Waals surface area contributed by atoms with Crippen molar-refractivity contribution in [3.05, 3.63) is 29.3 Å². The Labute approximate surface area is 131 Å². The third kappa shape index (κ3) is 3.12. The van der Waals surface area contributed by atoms with Crippen molar-refractivity contribution in [3.63, 3.8) is 0 Å². The largest absolute Gasteiger partial charge is 0.393 e. The van der Waals surface area contributed by atoms with Crippen LogP contribution in [0.1, 0.15) is 36.8 Å². The quantitative estimate of drug-likeness (QED) is 0.813. The standard InChI is InChI=1S/C15H20N2O2S2/c16-15(20)8-9-17(13-5-6-13)21(18,19)14-7-4-11-2-1-3-12(11)10-14/h4,7,10,13H,1-3,5-6,8-9H2,(H2,16,20). The lowest BCUT2D eigenvalue weighted by atomic mass is 10.1. The lowest BCUT2D eigenvalue weighted by Gasteiger charge is -2.22. The fourth-order valence-corrected chi connectivity index (χ4v) is 4.75. The van der Waals surface area contributed by atoms with Gasteiger partial charge in [-0.25, -0.2) is 8.42 Å². The molecule has 21 heavy (non-hydrogen) atoms. The van der Waals surface area contributed by atoms with Crippen LogP contribution < -0.4 is 5.73 Å². The highest BCUT2D eigenvalue weighted by atomic mass is 32.2. The number of fused-ring (bicyclic) bond motifs is 1. The second-order valence-electron chi connectivity index (χ2n) is 5.85. The zero-order chi connectivity index (χ0) is 15.0. The minimum Gasteiger partial charge on any atom is -0.393 e. The van der Waals surface area contributed by atoms with E-state index in [-0.39, 0.29) is 6.04 Å². The molecular weight excluding hydrogens is 304 g/mol. The van der Waals surface area contributed by atoms with Crippen molar-refractivity contribution in [2.75, 3.05) is 6.54 Å². The average Bonchev–Trinajstić information content (AvgIpc) is 3.14. The zero-order valence-electron chi connectivity index (χ0n) is 11.9. The van der Waals surface area contributed by atoms with Gasteiger partial charge in [-0.2, -0.15) is 4.31 Å². The van der Waals surface area contributed by atoms with Crippen molar-refractivity contribution in [3.8, 4) is 0 Å². The third-order valence-electron chi connectivity index (χ3n) is 4.21. The first-order chi connectivity index (χ1) is 9.98. The molecule has 4 nitrogen and oxygen atoms in total. The van der Waals surface area contributed by atoms with E-state index in [4.69, 9.17) is 18.0 Å². The van der Waals surface area contributed by atoms with Crippen molar-refractivity contribution < 1.29 is 8.42 Å². The SMILES string of the molecule is NC(=S)CCN(C1CC1)S(=O)(=O)c1ccc2c(c1)CCC2. The maximum Gasteiger partial charge on any atom is 0.243 e. The average molecular weight is 324 g/mol. The highest BCUT2D eigenvalue weighted by Gasteiger charge is 2.38. The van der Waals surface area contributed by atoms with E-state index in [0.29, 0.717) is 22.8 Å². The third-order valence-corrected chi connectivity index (χ3v) is 6.36. The molecule has 1 fully saturated rings. The maximum atomic E-state index is 12.9. The van der Waals surface area contributed by atoms with E-state index in [1.165, 1.54) is 11.1 Å². The summed E-state index contributed by atoms with van der Waals surface area (Å²) in [5.41, 5.74) is 8.00. The van der Waals surface area contributed by atoms with Crippen LogP contribution in [-0.4, -0.2) is 30.3 Å². The summed E-state index contributed by atoms with van der Waals surface area (Å²) < 4.78 is 27.3. The van der Waals surface area contributed by atoms with Gasteiger partial charge in [-0.3, -0.25) is 0 Å². The molecule has 1 aromatic carbocycles. The Balaban J connectivity index is 1.88. The van der Waals surface area contributed by atoms with Gasteiger partial charge in [0, 0.05) is 19.0 Å². The van der Waals surface area contributed by atoms with Crippen molar-refractivity contribution >= 4 is 27.2 Å². The molecule has 0 spiro atoms. The van der Waals surface area contributed by atoms with Gasteiger partial charge in [0.25, 0.3) is 0 Å². The Morgan fingerprint density at radius 3 is 2.67 bits per heavy atom. The number of nitrogens with two attached hydrogens (primary N) is 1. The molecule has 6 heteroatoms. The Bertz CT molecular complexity index is 666. The van der Waals surface area contributed by atoms with Crippen LogP contribution in [0.3, 0.4) is 0 Å². The second kappa shape index (κ2) is 5.66. The highest BCUT2D eigenvalue weighted by Crippen LogP contribution is 2.33. The Hall–Kier alpha value is -0.980. The smallest absolute Gasteiger partial charge is 0.243 e. The fraction of sp³-hybridized carbons (Fsp3) is 0.533. The van der Waals surface area contributed by atoms with Gasteiger partial charge in [-0.05, 0) is 55.4 Å². The summed E-state index contributed by atoms with van der Waals surface area (Å²) in [6.45, 7) is 0.388. The summed E-state index contributed by atoms with van der Waals surface area (Å²) in [5, 5.41) is 0. The molecule has 2 N–H and O–H groups in total. The number of rotatable bonds is 6. The predicted octanol–water partition coefficient (Wildman–Crippen LogP) is 2.00. The van der Waals surface area contributed by atoms with Crippen LogP contribution >= 0.6 is 12.2 Å². The molecule has 0 bridgehead atoms. The molecule has 3 rings (SSSR count).